The van der Waals surface area contributed by atoms with Crippen LogP contribution in [0.5, 0.6) is 11.6 Å². The number of pyridine rings is 1. The summed E-state index contributed by atoms with van der Waals surface area (Å²) in [4.78, 5) is 16.8. The number of carbonyl (C=O) groups excluding carboxylic acids is 1. The van der Waals surface area contributed by atoms with Gasteiger partial charge in [-0.2, -0.15) is 5.26 Å². The van der Waals surface area contributed by atoms with Crippen molar-refractivity contribution in [1.29, 1.82) is 5.26 Å². The second-order valence-corrected chi connectivity index (χ2v) is 7.03. The third-order valence-electron chi connectivity index (χ3n) is 4.33. The number of nitriles is 1. The fourth-order valence-corrected chi connectivity index (χ4v) is 2.66. The van der Waals surface area contributed by atoms with Crippen LogP contribution in [-0.2, 0) is 12.1 Å². The van der Waals surface area contributed by atoms with Gasteiger partial charge in [-0.15, -0.1) is 0 Å². The summed E-state index contributed by atoms with van der Waals surface area (Å²) in [5.41, 5.74) is 1.63. The van der Waals surface area contributed by atoms with Crippen molar-refractivity contribution in [1.82, 2.24) is 10.3 Å². The van der Waals surface area contributed by atoms with Crippen molar-refractivity contribution >= 4 is 5.91 Å². The maximum absolute atomic E-state index is 12.6. The van der Waals surface area contributed by atoms with Crippen LogP contribution in [0.25, 0.3) is 0 Å². The number of amides is 1. The SMILES string of the molecule is CC(C)(O)c1ccc(CNC(=O)c2cccnc2Oc2ccc(C#N)cc2)cc1. The van der Waals surface area contributed by atoms with Gasteiger partial charge in [0.25, 0.3) is 5.91 Å². The summed E-state index contributed by atoms with van der Waals surface area (Å²) in [7, 11) is 0. The molecule has 0 spiro atoms. The number of carbonyl (C=O) groups is 1. The van der Waals surface area contributed by atoms with Crippen molar-refractivity contribution in [2.75, 3.05) is 0 Å². The topological polar surface area (TPSA) is 95.2 Å². The van der Waals surface area contributed by atoms with Gasteiger partial charge in [-0.1, -0.05) is 24.3 Å². The molecule has 0 aliphatic rings. The lowest BCUT2D eigenvalue weighted by atomic mass is 9.97. The Morgan fingerprint density at radius 2 is 1.83 bits per heavy atom. The Labute approximate surface area is 169 Å². The Balaban J connectivity index is 1.69. The summed E-state index contributed by atoms with van der Waals surface area (Å²) in [5.74, 6) is 0.361. The fourth-order valence-electron chi connectivity index (χ4n) is 2.66. The van der Waals surface area contributed by atoms with Crippen molar-refractivity contribution in [3.63, 3.8) is 0 Å². The summed E-state index contributed by atoms with van der Waals surface area (Å²) in [6.45, 7) is 3.78. The minimum Gasteiger partial charge on any atom is -0.438 e. The largest absolute Gasteiger partial charge is 0.438 e. The van der Waals surface area contributed by atoms with Crippen LogP contribution in [0.4, 0.5) is 0 Å². The number of aliphatic hydroxyl groups is 1. The van der Waals surface area contributed by atoms with E-state index in [4.69, 9.17) is 10.00 Å². The van der Waals surface area contributed by atoms with Crippen molar-refractivity contribution < 1.29 is 14.6 Å². The minimum atomic E-state index is -0.908. The average Bonchev–Trinajstić information content (AvgIpc) is 2.72. The molecule has 6 heteroatoms. The first-order chi connectivity index (χ1) is 13.9. The highest BCUT2D eigenvalue weighted by atomic mass is 16.5. The molecule has 0 atom stereocenters. The maximum Gasteiger partial charge on any atom is 0.257 e. The van der Waals surface area contributed by atoms with Crippen molar-refractivity contribution in [3.8, 4) is 17.7 Å². The van der Waals surface area contributed by atoms with Gasteiger partial charge >= 0.3 is 0 Å². The quantitative estimate of drug-likeness (QED) is 0.669. The Morgan fingerprint density at radius 1 is 1.14 bits per heavy atom. The molecule has 0 aliphatic heterocycles. The summed E-state index contributed by atoms with van der Waals surface area (Å²) in [6, 6.07) is 19.3. The first kappa shape index (κ1) is 20.1. The maximum atomic E-state index is 12.6. The van der Waals surface area contributed by atoms with E-state index in [1.54, 1.807) is 56.4 Å². The second kappa shape index (κ2) is 8.55. The van der Waals surface area contributed by atoms with Crippen LogP contribution in [0.3, 0.4) is 0 Å². The molecule has 1 amide bonds. The number of nitrogens with one attached hydrogen (secondary N) is 1. The van der Waals surface area contributed by atoms with Gasteiger partial charge in [0, 0.05) is 12.7 Å². The molecule has 29 heavy (non-hydrogen) atoms. The molecule has 0 aliphatic carbocycles. The molecular formula is C23H21N3O3. The zero-order chi connectivity index (χ0) is 20.9. The molecule has 1 aromatic heterocycles. The highest BCUT2D eigenvalue weighted by molar-refractivity contribution is 5.96. The lowest BCUT2D eigenvalue weighted by Crippen LogP contribution is -2.23. The fraction of sp³-hybridized carbons (Fsp3) is 0.174. The van der Waals surface area contributed by atoms with Crippen molar-refractivity contribution in [3.05, 3.63) is 89.1 Å². The van der Waals surface area contributed by atoms with Crippen LogP contribution < -0.4 is 10.1 Å². The molecule has 0 fully saturated rings. The molecule has 3 aromatic rings. The van der Waals surface area contributed by atoms with E-state index >= 15 is 0 Å². The smallest absolute Gasteiger partial charge is 0.257 e. The van der Waals surface area contributed by atoms with Crippen molar-refractivity contribution in [2.45, 2.75) is 26.0 Å². The van der Waals surface area contributed by atoms with Gasteiger partial charge in [0.15, 0.2) is 0 Å². The Morgan fingerprint density at radius 3 is 2.45 bits per heavy atom. The van der Waals surface area contributed by atoms with Crippen LogP contribution >= 0.6 is 0 Å². The summed E-state index contributed by atoms with van der Waals surface area (Å²) < 4.78 is 5.73. The third-order valence-corrected chi connectivity index (χ3v) is 4.33. The Bertz CT molecular complexity index is 1030. The molecule has 0 bridgehead atoms. The van der Waals surface area contributed by atoms with Gasteiger partial charge in [0.05, 0.1) is 17.2 Å². The lowest BCUT2D eigenvalue weighted by Gasteiger charge is -2.18. The molecule has 2 aromatic carbocycles. The van der Waals surface area contributed by atoms with E-state index in [1.807, 2.05) is 30.3 Å². The first-order valence-corrected chi connectivity index (χ1v) is 9.10. The Hall–Kier alpha value is -3.69. The molecule has 0 radical (unpaired) electrons. The van der Waals surface area contributed by atoms with Crippen LogP contribution in [0, 0.1) is 11.3 Å². The number of aromatic nitrogens is 1. The Kier molecular flexibility index (Phi) is 5.91. The number of rotatable bonds is 6. The van der Waals surface area contributed by atoms with Crippen LogP contribution in [0.15, 0.2) is 66.9 Å². The monoisotopic (exact) mass is 387 g/mol. The molecule has 2 N–H and O–H groups in total. The second-order valence-electron chi connectivity index (χ2n) is 7.03. The zero-order valence-electron chi connectivity index (χ0n) is 16.2. The van der Waals surface area contributed by atoms with Gasteiger partial charge in [-0.25, -0.2) is 4.98 Å². The van der Waals surface area contributed by atoms with Gasteiger partial charge < -0.3 is 15.2 Å². The van der Waals surface area contributed by atoms with Gasteiger partial charge in [-0.3, -0.25) is 4.79 Å². The number of hydrogen-bond acceptors (Lipinski definition) is 5. The van der Waals surface area contributed by atoms with E-state index in [0.717, 1.165) is 11.1 Å². The molecule has 0 unspecified atom stereocenters. The summed E-state index contributed by atoms with van der Waals surface area (Å²) in [5, 5.41) is 21.7. The van der Waals surface area contributed by atoms with E-state index in [1.165, 1.54) is 0 Å². The minimum absolute atomic E-state index is 0.187. The predicted octanol–water partition coefficient (Wildman–Crippen LogP) is 3.90. The predicted molar refractivity (Wildman–Crippen MR) is 108 cm³/mol. The van der Waals surface area contributed by atoms with E-state index in [9.17, 15) is 9.90 Å². The van der Waals surface area contributed by atoms with Gasteiger partial charge in [-0.05, 0) is 61.4 Å². The van der Waals surface area contributed by atoms with E-state index in [2.05, 4.69) is 10.3 Å². The summed E-state index contributed by atoms with van der Waals surface area (Å²) >= 11 is 0. The highest BCUT2D eigenvalue weighted by Gasteiger charge is 2.16. The number of ether oxygens (including phenoxy) is 1. The standard InChI is InChI=1S/C23H21N3O3/c1-23(2,28)18-9-5-17(6-10-18)15-26-21(27)20-4-3-13-25-22(20)29-19-11-7-16(14-24)8-12-19/h3-13,28H,15H2,1-2H3,(H,26,27). The van der Waals surface area contributed by atoms with Crippen molar-refractivity contribution in [2.24, 2.45) is 0 Å². The lowest BCUT2D eigenvalue weighted by molar-refractivity contribution is 0.0785. The zero-order valence-corrected chi connectivity index (χ0v) is 16.2. The molecule has 0 saturated carbocycles. The molecule has 146 valence electrons. The van der Waals surface area contributed by atoms with Crippen LogP contribution in [-0.4, -0.2) is 16.0 Å². The van der Waals surface area contributed by atoms with E-state index in [-0.39, 0.29) is 11.8 Å². The number of hydrogen-bond donors (Lipinski definition) is 2. The number of benzene rings is 2. The molecule has 0 saturated heterocycles. The molecule has 6 nitrogen and oxygen atoms in total. The van der Waals surface area contributed by atoms with Gasteiger partial charge in [0.1, 0.15) is 11.3 Å². The van der Waals surface area contributed by atoms with Crippen LogP contribution in [0.2, 0.25) is 0 Å². The third kappa shape index (κ3) is 5.18. The normalized spacial score (nSPS) is 10.8. The average molecular weight is 387 g/mol. The molecule has 3 rings (SSSR count). The summed E-state index contributed by atoms with van der Waals surface area (Å²) in [6.07, 6.45) is 1.55. The molecule has 1 heterocycles. The number of nitrogens with zero attached hydrogens (tertiary/aromatic N) is 2. The van der Waals surface area contributed by atoms with E-state index < -0.39 is 5.60 Å². The highest BCUT2D eigenvalue weighted by Crippen LogP contribution is 2.23. The van der Waals surface area contributed by atoms with E-state index in [0.29, 0.717) is 23.4 Å². The molecular weight excluding hydrogens is 366 g/mol. The van der Waals surface area contributed by atoms with Gasteiger partial charge in [0.2, 0.25) is 5.88 Å². The van der Waals surface area contributed by atoms with Crippen LogP contribution in [0.1, 0.15) is 40.9 Å². The first-order valence-electron chi connectivity index (χ1n) is 9.10.